The maximum atomic E-state index is 12.5. The van der Waals surface area contributed by atoms with E-state index in [0.29, 0.717) is 18.6 Å². The van der Waals surface area contributed by atoms with Crippen molar-refractivity contribution in [2.45, 2.75) is 53.6 Å². The van der Waals surface area contributed by atoms with Gasteiger partial charge in [-0.05, 0) is 76.8 Å². The zero-order chi connectivity index (χ0) is 20.9. The second-order valence-corrected chi connectivity index (χ2v) is 8.56. The van der Waals surface area contributed by atoms with Crippen molar-refractivity contribution in [2.24, 2.45) is 5.41 Å². The molecular weight excluding hydrogens is 352 g/mol. The molecule has 150 valence electrons. The average Bonchev–Trinajstić information content (AvgIpc) is 2.60. The Morgan fingerprint density at radius 3 is 2.11 bits per heavy atom. The summed E-state index contributed by atoms with van der Waals surface area (Å²) >= 11 is 0. The molecule has 0 aliphatic carbocycles. The van der Waals surface area contributed by atoms with E-state index in [9.17, 15) is 9.59 Å². The average molecular weight is 383 g/mol. The van der Waals surface area contributed by atoms with E-state index in [0.717, 1.165) is 16.7 Å². The van der Waals surface area contributed by atoms with Gasteiger partial charge in [0.05, 0.1) is 17.6 Å². The van der Waals surface area contributed by atoms with E-state index in [1.807, 2.05) is 71.0 Å². The zero-order valence-electron chi connectivity index (χ0n) is 17.7. The lowest BCUT2D eigenvalue weighted by molar-refractivity contribution is -0.165. The quantitative estimate of drug-likeness (QED) is 0.624. The molecule has 0 aliphatic heterocycles. The lowest BCUT2D eigenvalue weighted by atomic mass is 9.85. The van der Waals surface area contributed by atoms with E-state index in [1.165, 1.54) is 0 Å². The summed E-state index contributed by atoms with van der Waals surface area (Å²) in [6.45, 7) is 11.6. The smallest absolute Gasteiger partial charge is 0.338 e. The molecule has 0 aromatic heterocycles. The fraction of sp³-hybridized carbons (Fsp3) is 0.417. The molecule has 0 radical (unpaired) electrons. The third-order valence-electron chi connectivity index (χ3n) is 4.23. The third kappa shape index (κ3) is 5.95. The Kier molecular flexibility index (Phi) is 6.65. The molecule has 0 aliphatic rings. The molecule has 0 bridgehead atoms. The second-order valence-electron chi connectivity index (χ2n) is 8.56. The van der Waals surface area contributed by atoms with Crippen LogP contribution in [0.4, 0.5) is 0 Å². The van der Waals surface area contributed by atoms with Gasteiger partial charge in [0.25, 0.3) is 0 Å². The van der Waals surface area contributed by atoms with Crippen molar-refractivity contribution >= 4 is 11.9 Å². The van der Waals surface area contributed by atoms with E-state index in [1.54, 1.807) is 13.0 Å². The number of esters is 2. The first kappa shape index (κ1) is 21.7. The summed E-state index contributed by atoms with van der Waals surface area (Å²) in [4.78, 5) is 24.5. The monoisotopic (exact) mass is 382 g/mol. The van der Waals surface area contributed by atoms with Gasteiger partial charge in [-0.3, -0.25) is 4.79 Å². The summed E-state index contributed by atoms with van der Waals surface area (Å²) in [5.41, 5.74) is 2.34. The van der Waals surface area contributed by atoms with E-state index in [2.05, 4.69) is 6.07 Å². The molecule has 2 rings (SSSR count). The van der Waals surface area contributed by atoms with Crippen molar-refractivity contribution in [3.05, 3.63) is 59.7 Å². The van der Waals surface area contributed by atoms with Crippen molar-refractivity contribution in [2.75, 3.05) is 6.61 Å². The molecule has 2 aromatic rings. The number of hydrogen-bond acceptors (Lipinski definition) is 4. The van der Waals surface area contributed by atoms with Crippen LogP contribution in [0.15, 0.2) is 48.5 Å². The lowest BCUT2D eigenvalue weighted by Crippen LogP contribution is -2.35. The van der Waals surface area contributed by atoms with Crippen LogP contribution in [0.25, 0.3) is 11.1 Å². The molecule has 0 unspecified atom stereocenters. The minimum atomic E-state index is -0.640. The van der Waals surface area contributed by atoms with E-state index < -0.39 is 11.0 Å². The predicted octanol–water partition coefficient (Wildman–Crippen LogP) is 5.44. The van der Waals surface area contributed by atoms with Crippen LogP contribution in [0.1, 0.15) is 57.5 Å². The molecule has 4 nitrogen and oxygen atoms in total. The molecule has 0 fully saturated rings. The Morgan fingerprint density at radius 1 is 0.893 bits per heavy atom. The Bertz CT molecular complexity index is 844. The first-order valence-corrected chi connectivity index (χ1v) is 9.62. The van der Waals surface area contributed by atoms with Gasteiger partial charge in [0.1, 0.15) is 5.60 Å². The van der Waals surface area contributed by atoms with Gasteiger partial charge < -0.3 is 9.47 Å². The fourth-order valence-corrected chi connectivity index (χ4v) is 2.90. The Morgan fingerprint density at radius 2 is 1.50 bits per heavy atom. The summed E-state index contributed by atoms with van der Waals surface area (Å²) in [5.74, 6) is -0.540. The van der Waals surface area contributed by atoms with Gasteiger partial charge in [-0.1, -0.05) is 36.4 Å². The predicted molar refractivity (Wildman–Crippen MR) is 111 cm³/mol. The minimum Gasteiger partial charge on any atom is -0.462 e. The number of benzene rings is 2. The van der Waals surface area contributed by atoms with Gasteiger partial charge in [0, 0.05) is 0 Å². The van der Waals surface area contributed by atoms with Crippen molar-refractivity contribution in [1.29, 1.82) is 0 Å². The van der Waals surface area contributed by atoms with E-state index >= 15 is 0 Å². The SMILES string of the molecule is CCOC(=O)c1cccc(-c2cccc(CC(C)(C)C(=O)OC(C)(C)C)c2)c1. The van der Waals surface area contributed by atoms with Crippen molar-refractivity contribution in [3.8, 4) is 11.1 Å². The molecule has 2 aromatic carbocycles. The number of carbonyl (C=O) groups is 2. The van der Waals surface area contributed by atoms with Gasteiger partial charge in [0.15, 0.2) is 0 Å². The summed E-state index contributed by atoms with van der Waals surface area (Å²) in [6, 6.07) is 15.4. The summed E-state index contributed by atoms with van der Waals surface area (Å²) in [6.07, 6.45) is 0.563. The highest BCUT2D eigenvalue weighted by Gasteiger charge is 2.32. The molecular formula is C24H30O4. The largest absolute Gasteiger partial charge is 0.462 e. The molecule has 0 saturated carbocycles. The van der Waals surface area contributed by atoms with E-state index in [-0.39, 0.29) is 11.9 Å². The minimum absolute atomic E-state index is 0.213. The van der Waals surface area contributed by atoms with Crippen molar-refractivity contribution in [1.82, 2.24) is 0 Å². The number of ether oxygens (including phenoxy) is 2. The summed E-state index contributed by atoms with van der Waals surface area (Å²) < 4.78 is 10.6. The van der Waals surface area contributed by atoms with Crippen LogP contribution in [-0.4, -0.2) is 24.1 Å². The second kappa shape index (κ2) is 8.59. The molecule has 0 amide bonds. The van der Waals surface area contributed by atoms with Crippen LogP contribution < -0.4 is 0 Å². The highest BCUT2D eigenvalue weighted by atomic mass is 16.6. The molecule has 0 saturated heterocycles. The highest BCUT2D eigenvalue weighted by molar-refractivity contribution is 5.91. The highest BCUT2D eigenvalue weighted by Crippen LogP contribution is 2.29. The third-order valence-corrected chi connectivity index (χ3v) is 4.23. The summed E-state index contributed by atoms with van der Waals surface area (Å²) in [7, 11) is 0. The molecule has 28 heavy (non-hydrogen) atoms. The molecule has 0 atom stereocenters. The first-order chi connectivity index (χ1) is 13.0. The van der Waals surface area contributed by atoms with Gasteiger partial charge in [-0.2, -0.15) is 0 Å². The lowest BCUT2D eigenvalue weighted by Gasteiger charge is -2.28. The molecule has 0 heterocycles. The van der Waals surface area contributed by atoms with Crippen LogP contribution in [-0.2, 0) is 20.7 Å². The normalized spacial score (nSPS) is 11.8. The standard InChI is InChI=1S/C24H30O4/c1-7-27-21(25)20-13-9-12-19(15-20)18-11-8-10-17(14-18)16-24(5,6)22(26)28-23(2,3)4/h8-15H,7,16H2,1-6H3. The van der Waals surface area contributed by atoms with Gasteiger partial charge in [0.2, 0.25) is 0 Å². The van der Waals surface area contributed by atoms with E-state index in [4.69, 9.17) is 9.47 Å². The van der Waals surface area contributed by atoms with Gasteiger partial charge >= 0.3 is 11.9 Å². The van der Waals surface area contributed by atoms with Crippen LogP contribution in [0.5, 0.6) is 0 Å². The number of carbonyl (C=O) groups excluding carboxylic acids is 2. The number of rotatable bonds is 6. The zero-order valence-corrected chi connectivity index (χ0v) is 17.7. The van der Waals surface area contributed by atoms with Crippen molar-refractivity contribution in [3.63, 3.8) is 0 Å². The van der Waals surface area contributed by atoms with Gasteiger partial charge in [-0.25, -0.2) is 4.79 Å². The maximum Gasteiger partial charge on any atom is 0.338 e. The van der Waals surface area contributed by atoms with Crippen LogP contribution in [0.3, 0.4) is 0 Å². The van der Waals surface area contributed by atoms with Crippen LogP contribution in [0, 0.1) is 5.41 Å². The Labute approximate surface area is 167 Å². The van der Waals surface area contributed by atoms with Crippen LogP contribution in [0.2, 0.25) is 0 Å². The van der Waals surface area contributed by atoms with Crippen molar-refractivity contribution < 1.29 is 19.1 Å². The fourth-order valence-electron chi connectivity index (χ4n) is 2.90. The molecule has 4 heteroatoms. The topological polar surface area (TPSA) is 52.6 Å². The summed E-state index contributed by atoms with van der Waals surface area (Å²) in [5, 5.41) is 0. The molecule has 0 spiro atoms. The first-order valence-electron chi connectivity index (χ1n) is 9.62. The maximum absolute atomic E-state index is 12.5. The number of hydrogen-bond donors (Lipinski definition) is 0. The van der Waals surface area contributed by atoms with Crippen LogP contribution >= 0.6 is 0 Å². The molecule has 0 N–H and O–H groups in total. The Hall–Kier alpha value is -2.62. The Balaban J connectivity index is 2.24. The van der Waals surface area contributed by atoms with Gasteiger partial charge in [-0.15, -0.1) is 0 Å².